The number of nitrogens with one attached hydrogen (secondary N) is 1. The molecule has 10 heteroatoms. The van der Waals surface area contributed by atoms with Gasteiger partial charge in [-0.2, -0.15) is 9.97 Å². The maximum atomic E-state index is 6.05. The van der Waals surface area contributed by atoms with Gasteiger partial charge in [0.2, 0.25) is 9.74 Å². The van der Waals surface area contributed by atoms with Gasteiger partial charge in [-0.25, -0.2) is 4.98 Å². The van der Waals surface area contributed by atoms with E-state index in [0.29, 0.717) is 33.9 Å². The first kappa shape index (κ1) is 19.8. The number of alkyl halides is 3. The highest BCUT2D eigenvalue weighted by Crippen LogP contribution is 2.37. The van der Waals surface area contributed by atoms with Crippen LogP contribution in [0.5, 0.6) is 0 Å². The second-order valence-corrected chi connectivity index (χ2v) is 8.26. The van der Waals surface area contributed by atoms with Crippen LogP contribution in [0.25, 0.3) is 11.4 Å². The molecule has 0 saturated heterocycles. The third-order valence-corrected chi connectivity index (χ3v) is 4.16. The minimum atomic E-state index is -1.77. The molecule has 0 spiro atoms. The van der Waals surface area contributed by atoms with Crippen molar-refractivity contribution in [2.24, 2.45) is 0 Å². The van der Waals surface area contributed by atoms with E-state index < -0.39 is 3.79 Å². The average Bonchev–Trinajstić information content (AvgIpc) is 2.48. The van der Waals surface area contributed by atoms with Gasteiger partial charge in [0.25, 0.3) is 0 Å². The van der Waals surface area contributed by atoms with Gasteiger partial charge in [-0.3, -0.25) is 0 Å². The smallest absolute Gasteiger partial charge is 0.250 e. The summed E-state index contributed by atoms with van der Waals surface area (Å²) in [5, 5.41) is 3.90. The predicted octanol–water partition coefficient (Wildman–Crippen LogP) is 4.65. The second-order valence-electron chi connectivity index (χ2n) is 5.16. The normalized spacial score (nSPS) is 11.8. The van der Waals surface area contributed by atoms with Crippen LogP contribution in [-0.2, 0) is 3.79 Å². The first-order chi connectivity index (χ1) is 11.2. The molecule has 5 nitrogen and oxygen atoms in total. The Bertz CT molecular complexity index is 717. The van der Waals surface area contributed by atoms with Gasteiger partial charge in [0, 0.05) is 18.7 Å². The lowest BCUT2D eigenvalue weighted by molar-refractivity contribution is 0.425. The van der Waals surface area contributed by atoms with Crippen molar-refractivity contribution in [2.45, 2.75) is 3.79 Å². The molecule has 0 saturated carbocycles. The van der Waals surface area contributed by atoms with Crippen LogP contribution < -0.4 is 5.32 Å². The Labute approximate surface area is 165 Å². The Morgan fingerprint density at radius 3 is 2.33 bits per heavy atom. The molecule has 24 heavy (non-hydrogen) atoms. The van der Waals surface area contributed by atoms with Crippen molar-refractivity contribution in [1.82, 2.24) is 19.9 Å². The fourth-order valence-electron chi connectivity index (χ4n) is 1.74. The first-order valence-corrected chi connectivity index (χ1v) is 8.73. The van der Waals surface area contributed by atoms with Gasteiger partial charge < -0.3 is 10.2 Å². The van der Waals surface area contributed by atoms with Crippen LogP contribution in [0.3, 0.4) is 0 Å². The van der Waals surface area contributed by atoms with Crippen molar-refractivity contribution in [3.8, 4) is 11.4 Å². The van der Waals surface area contributed by atoms with E-state index in [1.54, 1.807) is 18.2 Å². The number of halogens is 5. The summed E-state index contributed by atoms with van der Waals surface area (Å²) in [6.45, 7) is 1.41. The van der Waals surface area contributed by atoms with E-state index in [4.69, 9.17) is 58.0 Å². The molecule has 0 aliphatic heterocycles. The largest absolute Gasteiger partial charge is 0.353 e. The molecule has 0 aliphatic rings. The summed E-state index contributed by atoms with van der Waals surface area (Å²) >= 11 is 29.8. The van der Waals surface area contributed by atoms with E-state index in [2.05, 4.69) is 20.3 Å². The minimum absolute atomic E-state index is 0.0240. The van der Waals surface area contributed by atoms with Gasteiger partial charge >= 0.3 is 0 Å². The molecule has 130 valence electrons. The van der Waals surface area contributed by atoms with Gasteiger partial charge in [-0.1, -0.05) is 58.0 Å². The molecular weight excluding hydrogens is 415 g/mol. The second kappa shape index (κ2) is 8.21. The number of anilines is 1. The minimum Gasteiger partial charge on any atom is -0.353 e. The molecule has 1 N–H and O–H groups in total. The monoisotopic (exact) mass is 427 g/mol. The fourth-order valence-corrected chi connectivity index (χ4v) is 2.29. The van der Waals surface area contributed by atoms with E-state index in [1.807, 2.05) is 19.0 Å². The Morgan fingerprint density at radius 1 is 1.04 bits per heavy atom. The highest BCUT2D eigenvalue weighted by atomic mass is 35.6. The third kappa shape index (κ3) is 5.48. The molecule has 1 aromatic carbocycles. The van der Waals surface area contributed by atoms with Gasteiger partial charge in [0.1, 0.15) is 0 Å². The summed E-state index contributed by atoms with van der Waals surface area (Å²) in [5.74, 6) is 0.669. The Balaban J connectivity index is 2.40. The zero-order chi connectivity index (χ0) is 17.9. The summed E-state index contributed by atoms with van der Waals surface area (Å²) in [6, 6.07) is 5.03. The zero-order valence-corrected chi connectivity index (χ0v) is 16.6. The standard InChI is InChI=1S/C14H14Cl5N5/c1-24(2)6-5-20-13-22-11(21-12(23-13)14(17,18)19)8-3-4-9(15)10(16)7-8/h3-4,7H,5-6H2,1-2H3,(H,20,21,22,23). The van der Waals surface area contributed by atoms with Crippen LogP contribution in [-0.4, -0.2) is 47.0 Å². The lowest BCUT2D eigenvalue weighted by atomic mass is 10.2. The number of hydrogen-bond acceptors (Lipinski definition) is 5. The lowest BCUT2D eigenvalue weighted by Gasteiger charge is -2.14. The van der Waals surface area contributed by atoms with Crippen LogP contribution in [0.2, 0.25) is 10.0 Å². The molecule has 0 atom stereocenters. The predicted molar refractivity (Wildman–Crippen MR) is 102 cm³/mol. The molecule has 2 aromatic rings. The molecule has 0 aliphatic carbocycles. The van der Waals surface area contributed by atoms with E-state index in [1.165, 1.54) is 0 Å². The summed E-state index contributed by atoms with van der Waals surface area (Å²) in [6.07, 6.45) is 0. The Hall–Kier alpha value is -0.560. The molecule has 0 unspecified atom stereocenters. The Kier molecular flexibility index (Phi) is 6.76. The zero-order valence-electron chi connectivity index (χ0n) is 12.8. The van der Waals surface area contributed by atoms with Crippen molar-refractivity contribution in [1.29, 1.82) is 0 Å². The van der Waals surface area contributed by atoms with Crippen LogP contribution >= 0.6 is 58.0 Å². The molecule has 1 aromatic heterocycles. The SMILES string of the molecule is CN(C)CCNc1nc(-c2ccc(Cl)c(Cl)c2)nc(C(Cl)(Cl)Cl)n1. The maximum Gasteiger partial charge on any atom is 0.250 e. The van der Waals surface area contributed by atoms with Crippen LogP contribution in [0, 0.1) is 0 Å². The molecule has 0 radical (unpaired) electrons. The topological polar surface area (TPSA) is 53.9 Å². The number of benzene rings is 1. The first-order valence-electron chi connectivity index (χ1n) is 6.84. The molecule has 0 bridgehead atoms. The van der Waals surface area contributed by atoms with Gasteiger partial charge in [0.15, 0.2) is 11.6 Å². The van der Waals surface area contributed by atoms with Crippen LogP contribution in [0.15, 0.2) is 18.2 Å². The number of rotatable bonds is 5. The number of hydrogen-bond donors (Lipinski definition) is 1. The number of likely N-dealkylation sites (N-methyl/N-ethyl adjacent to an activating group) is 1. The van der Waals surface area contributed by atoms with Crippen LogP contribution in [0.4, 0.5) is 5.95 Å². The average molecular weight is 430 g/mol. The van der Waals surface area contributed by atoms with E-state index in [0.717, 1.165) is 6.54 Å². The third-order valence-electron chi connectivity index (χ3n) is 2.91. The van der Waals surface area contributed by atoms with Crippen molar-refractivity contribution in [3.63, 3.8) is 0 Å². The van der Waals surface area contributed by atoms with E-state index in [-0.39, 0.29) is 5.82 Å². The highest BCUT2D eigenvalue weighted by Gasteiger charge is 2.28. The van der Waals surface area contributed by atoms with Crippen LogP contribution in [0.1, 0.15) is 5.82 Å². The van der Waals surface area contributed by atoms with Crippen molar-refractivity contribution >= 4 is 64.0 Å². The quantitative estimate of drug-likeness (QED) is 0.702. The molecule has 0 fully saturated rings. The summed E-state index contributed by atoms with van der Waals surface area (Å²) in [4.78, 5) is 14.8. The van der Waals surface area contributed by atoms with Gasteiger partial charge in [0.05, 0.1) is 10.0 Å². The van der Waals surface area contributed by atoms with Gasteiger partial charge in [-0.05, 0) is 32.3 Å². The van der Waals surface area contributed by atoms with Gasteiger partial charge in [-0.15, -0.1) is 0 Å². The summed E-state index contributed by atoms with van der Waals surface area (Å²) in [5.41, 5.74) is 0.637. The van der Waals surface area contributed by atoms with Crippen molar-refractivity contribution in [2.75, 3.05) is 32.5 Å². The van der Waals surface area contributed by atoms with Crippen molar-refractivity contribution < 1.29 is 0 Å². The molecular formula is C14H14Cl5N5. The maximum absolute atomic E-state index is 6.05. The summed E-state index contributed by atoms with van der Waals surface area (Å²) < 4.78 is -1.77. The highest BCUT2D eigenvalue weighted by molar-refractivity contribution is 6.66. The fraction of sp³-hybridized carbons (Fsp3) is 0.357. The number of aromatic nitrogens is 3. The van der Waals surface area contributed by atoms with Crippen molar-refractivity contribution in [3.05, 3.63) is 34.1 Å². The molecule has 1 heterocycles. The lowest BCUT2D eigenvalue weighted by Crippen LogP contribution is -2.22. The molecule has 2 rings (SSSR count). The summed E-state index contributed by atoms with van der Waals surface area (Å²) in [7, 11) is 3.92. The van der Waals surface area contributed by atoms with E-state index in [9.17, 15) is 0 Å². The van der Waals surface area contributed by atoms with E-state index >= 15 is 0 Å². The number of nitrogens with zero attached hydrogens (tertiary/aromatic N) is 4. The Morgan fingerprint density at radius 2 is 1.75 bits per heavy atom. The molecule has 0 amide bonds.